The number of aliphatic hydroxyl groups excluding tert-OH is 1. The molecule has 0 saturated carbocycles. The smallest absolute Gasteiger partial charge is 0.270 e. The molecule has 3 N–H and O–H groups in total. The Morgan fingerprint density at radius 3 is 2.50 bits per heavy atom. The molecule has 3 rings (SSSR count). The molecule has 0 aliphatic rings. The number of rotatable bonds is 8. The molecule has 0 bridgehead atoms. The zero-order valence-corrected chi connectivity index (χ0v) is 18.7. The molecule has 164 valence electrons. The number of hydrogen-bond donors (Lipinski definition) is 3. The highest BCUT2D eigenvalue weighted by Gasteiger charge is 2.12. The molecule has 0 spiro atoms. The molecule has 1 aromatic heterocycles. The van der Waals surface area contributed by atoms with E-state index in [-0.39, 0.29) is 17.4 Å². The lowest BCUT2D eigenvalue weighted by atomic mass is 10.0. The number of benzene rings is 2. The van der Waals surface area contributed by atoms with Gasteiger partial charge >= 0.3 is 0 Å². The highest BCUT2D eigenvalue weighted by atomic mass is 32.1. The molecule has 32 heavy (non-hydrogen) atoms. The molecule has 2 aromatic carbocycles. The predicted molar refractivity (Wildman–Crippen MR) is 128 cm³/mol. The standard InChI is InChI=1S/C24H24N4O3S/c1-15-9-18(7-8-20(15)16(2)29)13-26-24(32)22-11-21(27-14-28-22)23(30)25-12-17-5-4-6-19(10-17)31-3/h4-11,14,29H,2,12-13H2,1,3H3,(H,25,30)(H,26,32). The number of thiocarbonyl (C=S) groups is 1. The van der Waals surface area contributed by atoms with E-state index in [1.165, 1.54) is 6.33 Å². The first-order chi connectivity index (χ1) is 15.4. The van der Waals surface area contributed by atoms with E-state index in [9.17, 15) is 9.90 Å². The number of hydrogen-bond acceptors (Lipinski definition) is 6. The van der Waals surface area contributed by atoms with Crippen molar-refractivity contribution in [1.29, 1.82) is 0 Å². The Hall–Kier alpha value is -3.78. The van der Waals surface area contributed by atoms with Gasteiger partial charge in [-0.15, -0.1) is 0 Å². The number of carbonyl (C=O) groups is 1. The fourth-order valence-electron chi connectivity index (χ4n) is 3.09. The zero-order valence-electron chi connectivity index (χ0n) is 17.9. The molecule has 8 heteroatoms. The van der Waals surface area contributed by atoms with Gasteiger partial charge in [0.25, 0.3) is 5.91 Å². The Kier molecular flexibility index (Phi) is 7.51. The Morgan fingerprint density at radius 2 is 1.78 bits per heavy atom. The van der Waals surface area contributed by atoms with E-state index in [4.69, 9.17) is 17.0 Å². The maximum atomic E-state index is 12.5. The van der Waals surface area contributed by atoms with E-state index in [0.717, 1.165) is 22.4 Å². The second-order valence-electron chi connectivity index (χ2n) is 7.10. The van der Waals surface area contributed by atoms with E-state index in [0.29, 0.717) is 29.3 Å². The van der Waals surface area contributed by atoms with Crippen molar-refractivity contribution in [2.24, 2.45) is 0 Å². The SMILES string of the molecule is C=C(O)c1ccc(CNC(=S)c2cc(C(=O)NCc3cccc(OC)c3)ncn2)cc1C. The summed E-state index contributed by atoms with van der Waals surface area (Å²) in [6, 6.07) is 14.7. The summed E-state index contributed by atoms with van der Waals surface area (Å²) < 4.78 is 5.20. The molecule has 0 radical (unpaired) electrons. The largest absolute Gasteiger partial charge is 0.508 e. The number of aliphatic hydroxyl groups is 1. The molecule has 0 fully saturated rings. The Labute approximate surface area is 192 Å². The van der Waals surface area contributed by atoms with Crippen molar-refractivity contribution in [3.05, 3.63) is 95.1 Å². The minimum atomic E-state index is -0.324. The molecule has 0 unspecified atom stereocenters. The monoisotopic (exact) mass is 448 g/mol. The summed E-state index contributed by atoms with van der Waals surface area (Å²) in [6.07, 6.45) is 1.32. The molecule has 0 aliphatic heterocycles. The highest BCUT2D eigenvalue weighted by molar-refractivity contribution is 7.80. The van der Waals surface area contributed by atoms with Gasteiger partial charge in [0, 0.05) is 18.7 Å². The summed E-state index contributed by atoms with van der Waals surface area (Å²) >= 11 is 5.43. The van der Waals surface area contributed by atoms with E-state index < -0.39 is 0 Å². The van der Waals surface area contributed by atoms with Crippen LogP contribution in [0.25, 0.3) is 5.76 Å². The minimum Gasteiger partial charge on any atom is -0.508 e. The van der Waals surface area contributed by atoms with Crippen molar-refractivity contribution >= 4 is 28.9 Å². The van der Waals surface area contributed by atoms with Gasteiger partial charge in [0.15, 0.2) is 0 Å². The predicted octanol–water partition coefficient (Wildman–Crippen LogP) is 3.72. The summed E-state index contributed by atoms with van der Waals surface area (Å²) in [5, 5.41) is 15.5. The number of amides is 1. The Balaban J connectivity index is 1.60. The fraction of sp³-hybridized carbons (Fsp3) is 0.167. The van der Waals surface area contributed by atoms with Crippen LogP contribution in [0.5, 0.6) is 5.75 Å². The van der Waals surface area contributed by atoms with E-state index in [1.807, 2.05) is 49.4 Å². The van der Waals surface area contributed by atoms with Crippen LogP contribution in [-0.4, -0.2) is 33.1 Å². The summed E-state index contributed by atoms with van der Waals surface area (Å²) in [6.45, 7) is 6.27. The molecule has 1 amide bonds. The Bertz CT molecular complexity index is 1160. The molecule has 1 heterocycles. The van der Waals surface area contributed by atoms with Gasteiger partial charge in [-0.3, -0.25) is 4.79 Å². The van der Waals surface area contributed by atoms with E-state index in [1.54, 1.807) is 13.2 Å². The van der Waals surface area contributed by atoms with E-state index >= 15 is 0 Å². The average molecular weight is 449 g/mol. The van der Waals surface area contributed by atoms with Crippen LogP contribution in [0.15, 0.2) is 61.4 Å². The third-order valence-corrected chi connectivity index (χ3v) is 5.13. The number of aromatic nitrogens is 2. The van der Waals surface area contributed by atoms with Gasteiger partial charge in [0.2, 0.25) is 0 Å². The highest BCUT2D eigenvalue weighted by Crippen LogP contribution is 2.17. The van der Waals surface area contributed by atoms with Crippen LogP contribution in [0.3, 0.4) is 0 Å². The van der Waals surface area contributed by atoms with Gasteiger partial charge in [-0.25, -0.2) is 9.97 Å². The van der Waals surface area contributed by atoms with Crippen LogP contribution in [0.4, 0.5) is 0 Å². The van der Waals surface area contributed by atoms with Gasteiger partial charge in [0.1, 0.15) is 34.2 Å². The quantitative estimate of drug-likeness (QED) is 0.357. The first-order valence-corrected chi connectivity index (χ1v) is 10.3. The maximum absolute atomic E-state index is 12.5. The van der Waals surface area contributed by atoms with Crippen molar-refractivity contribution in [3.63, 3.8) is 0 Å². The second-order valence-corrected chi connectivity index (χ2v) is 7.51. The summed E-state index contributed by atoms with van der Waals surface area (Å²) in [4.78, 5) is 21.2. The van der Waals surface area contributed by atoms with Crippen molar-refractivity contribution in [3.8, 4) is 5.75 Å². The van der Waals surface area contributed by atoms with Crippen molar-refractivity contribution in [2.45, 2.75) is 20.0 Å². The van der Waals surface area contributed by atoms with Gasteiger partial charge in [-0.1, -0.05) is 49.1 Å². The van der Waals surface area contributed by atoms with E-state index in [2.05, 4.69) is 27.2 Å². The summed E-state index contributed by atoms with van der Waals surface area (Å²) in [5.41, 5.74) is 4.20. The van der Waals surface area contributed by atoms with Crippen LogP contribution in [-0.2, 0) is 13.1 Å². The fourth-order valence-corrected chi connectivity index (χ4v) is 3.28. The summed E-state index contributed by atoms with van der Waals surface area (Å²) in [7, 11) is 1.60. The van der Waals surface area contributed by atoms with Crippen LogP contribution in [0, 0.1) is 6.92 Å². The lowest BCUT2D eigenvalue weighted by Gasteiger charge is -2.11. The normalized spacial score (nSPS) is 10.3. The molecule has 0 aliphatic carbocycles. The topological polar surface area (TPSA) is 96.4 Å². The third kappa shape index (κ3) is 5.89. The van der Waals surface area contributed by atoms with Crippen LogP contribution in [0.2, 0.25) is 0 Å². The first-order valence-electron chi connectivity index (χ1n) is 9.86. The molecule has 0 saturated heterocycles. The summed E-state index contributed by atoms with van der Waals surface area (Å²) in [5.74, 6) is 0.439. The Morgan fingerprint density at radius 1 is 1.06 bits per heavy atom. The maximum Gasteiger partial charge on any atom is 0.270 e. The van der Waals surface area contributed by atoms with Gasteiger partial charge < -0.3 is 20.5 Å². The van der Waals surface area contributed by atoms with Gasteiger partial charge in [0.05, 0.1) is 7.11 Å². The number of nitrogens with one attached hydrogen (secondary N) is 2. The number of ether oxygens (including phenoxy) is 1. The van der Waals surface area contributed by atoms with Gasteiger partial charge in [-0.05, 0) is 41.8 Å². The number of carbonyl (C=O) groups excluding carboxylic acids is 1. The van der Waals surface area contributed by atoms with Crippen molar-refractivity contribution in [2.75, 3.05) is 7.11 Å². The third-order valence-electron chi connectivity index (χ3n) is 4.77. The molecule has 7 nitrogen and oxygen atoms in total. The molecular weight excluding hydrogens is 424 g/mol. The average Bonchev–Trinajstić information content (AvgIpc) is 2.81. The molecule has 3 aromatic rings. The second kappa shape index (κ2) is 10.5. The molecule has 0 atom stereocenters. The number of nitrogens with zero attached hydrogens (tertiary/aromatic N) is 2. The zero-order chi connectivity index (χ0) is 23.1. The van der Waals surface area contributed by atoms with Crippen molar-refractivity contribution < 1.29 is 14.6 Å². The number of methoxy groups -OCH3 is 1. The first kappa shape index (κ1) is 22.9. The number of aryl methyl sites for hydroxylation is 1. The van der Waals surface area contributed by atoms with Crippen molar-refractivity contribution in [1.82, 2.24) is 20.6 Å². The van der Waals surface area contributed by atoms with Crippen LogP contribution in [0.1, 0.15) is 38.4 Å². The van der Waals surface area contributed by atoms with Crippen LogP contribution < -0.4 is 15.4 Å². The lowest BCUT2D eigenvalue weighted by Crippen LogP contribution is -2.26. The van der Waals surface area contributed by atoms with Gasteiger partial charge in [-0.2, -0.15) is 0 Å². The van der Waals surface area contributed by atoms with Crippen LogP contribution >= 0.6 is 12.2 Å². The minimum absolute atomic E-state index is 0.0377. The molecular formula is C24H24N4O3S. The lowest BCUT2D eigenvalue weighted by molar-refractivity contribution is 0.0945.